The minimum absolute atomic E-state index is 0.103. The zero-order valence-corrected chi connectivity index (χ0v) is 7.68. The average Bonchev–Trinajstić information content (AvgIpc) is 2.59. The molecule has 0 saturated carbocycles. The Kier molecular flexibility index (Phi) is 1.89. The van der Waals surface area contributed by atoms with Gasteiger partial charge in [-0.3, -0.25) is 14.6 Å². The van der Waals surface area contributed by atoms with E-state index < -0.39 is 17.3 Å². The Morgan fingerprint density at radius 2 is 2.40 bits per heavy atom. The lowest BCUT2D eigenvalue weighted by molar-refractivity contribution is -0.114. The number of rotatable bonds is 1. The van der Waals surface area contributed by atoms with Crippen LogP contribution in [0.3, 0.4) is 0 Å². The SMILES string of the molecule is CC(=O)Nc1c(O)n2ncnc2[nH]c1=O. The topological polar surface area (TPSA) is 112 Å². The van der Waals surface area contributed by atoms with Crippen LogP contribution in [-0.2, 0) is 4.79 Å². The summed E-state index contributed by atoms with van der Waals surface area (Å²) in [6, 6.07) is 0. The number of aromatic nitrogens is 4. The number of aromatic hydroxyl groups is 1. The number of hydrogen-bond donors (Lipinski definition) is 3. The Hall–Kier alpha value is -2.38. The van der Waals surface area contributed by atoms with E-state index in [1.165, 1.54) is 13.3 Å². The number of aromatic amines is 1. The van der Waals surface area contributed by atoms with Crippen LogP contribution in [0.2, 0.25) is 0 Å². The van der Waals surface area contributed by atoms with Crippen molar-refractivity contribution >= 4 is 17.4 Å². The number of nitrogens with zero attached hydrogens (tertiary/aromatic N) is 3. The molecule has 8 heteroatoms. The molecule has 0 atom stereocenters. The van der Waals surface area contributed by atoms with E-state index in [0.29, 0.717) is 0 Å². The van der Waals surface area contributed by atoms with Crippen LogP contribution >= 0.6 is 0 Å². The molecule has 2 aromatic rings. The predicted octanol–water partition coefficient (Wildman–Crippen LogP) is -0.918. The lowest BCUT2D eigenvalue weighted by Gasteiger charge is -2.03. The first-order chi connectivity index (χ1) is 7.09. The van der Waals surface area contributed by atoms with Gasteiger partial charge in [0.1, 0.15) is 6.33 Å². The number of hydrogen-bond acceptors (Lipinski definition) is 5. The number of amides is 1. The first kappa shape index (κ1) is 9.19. The Morgan fingerprint density at radius 3 is 3.07 bits per heavy atom. The second-order valence-electron chi connectivity index (χ2n) is 2.83. The van der Waals surface area contributed by atoms with Gasteiger partial charge in [0, 0.05) is 6.92 Å². The van der Waals surface area contributed by atoms with Crippen molar-refractivity contribution in [1.29, 1.82) is 0 Å². The third-order valence-electron chi connectivity index (χ3n) is 1.73. The quantitative estimate of drug-likeness (QED) is 0.562. The van der Waals surface area contributed by atoms with Crippen LogP contribution in [0.15, 0.2) is 11.1 Å². The Labute approximate surface area is 82.6 Å². The number of nitrogens with one attached hydrogen (secondary N) is 2. The molecule has 0 radical (unpaired) electrons. The standard InChI is InChI=1S/C7H7N5O3/c1-3(13)10-4-5(14)11-7-8-2-9-12(7)6(4)15/h2,15H,1H3,(H,10,13)(H,8,9,11,14). The molecule has 0 spiro atoms. The van der Waals surface area contributed by atoms with E-state index in [2.05, 4.69) is 20.4 Å². The maximum atomic E-state index is 11.4. The van der Waals surface area contributed by atoms with Gasteiger partial charge in [-0.25, -0.2) is 0 Å². The lowest BCUT2D eigenvalue weighted by atomic mass is 10.4. The van der Waals surface area contributed by atoms with Gasteiger partial charge >= 0.3 is 0 Å². The van der Waals surface area contributed by atoms with E-state index >= 15 is 0 Å². The van der Waals surface area contributed by atoms with Crippen molar-refractivity contribution < 1.29 is 9.90 Å². The van der Waals surface area contributed by atoms with Gasteiger partial charge in [0.25, 0.3) is 5.56 Å². The fourth-order valence-corrected chi connectivity index (χ4v) is 1.14. The maximum Gasteiger partial charge on any atom is 0.280 e. The molecule has 0 unspecified atom stereocenters. The van der Waals surface area contributed by atoms with E-state index in [0.717, 1.165) is 4.52 Å². The van der Waals surface area contributed by atoms with Crippen LogP contribution in [0.5, 0.6) is 5.88 Å². The van der Waals surface area contributed by atoms with Crippen molar-refractivity contribution in [1.82, 2.24) is 19.6 Å². The summed E-state index contributed by atoms with van der Waals surface area (Å²) in [5, 5.41) is 15.5. The zero-order chi connectivity index (χ0) is 11.0. The van der Waals surface area contributed by atoms with Crippen molar-refractivity contribution in [2.24, 2.45) is 0 Å². The molecule has 0 bridgehead atoms. The minimum atomic E-state index is -0.636. The number of carbonyl (C=O) groups excluding carboxylic acids is 1. The summed E-state index contributed by atoms with van der Waals surface area (Å²) in [7, 11) is 0. The van der Waals surface area contributed by atoms with Gasteiger partial charge in [0.2, 0.25) is 17.6 Å². The number of H-pyrrole nitrogens is 1. The van der Waals surface area contributed by atoms with E-state index in [1.54, 1.807) is 0 Å². The third kappa shape index (κ3) is 1.41. The van der Waals surface area contributed by atoms with Gasteiger partial charge in [-0.15, -0.1) is 0 Å². The smallest absolute Gasteiger partial charge is 0.280 e. The first-order valence-electron chi connectivity index (χ1n) is 4.02. The summed E-state index contributed by atoms with van der Waals surface area (Å²) in [5.41, 5.74) is -0.885. The van der Waals surface area contributed by atoms with Gasteiger partial charge in [0.15, 0.2) is 5.69 Å². The van der Waals surface area contributed by atoms with Crippen molar-refractivity contribution in [3.05, 3.63) is 16.7 Å². The van der Waals surface area contributed by atoms with Gasteiger partial charge in [0.05, 0.1) is 0 Å². The predicted molar refractivity (Wildman–Crippen MR) is 49.6 cm³/mol. The summed E-state index contributed by atoms with van der Waals surface area (Å²) in [5.74, 6) is -0.816. The second-order valence-corrected chi connectivity index (χ2v) is 2.83. The van der Waals surface area contributed by atoms with Crippen LogP contribution in [0.25, 0.3) is 5.78 Å². The molecule has 0 aliphatic carbocycles. The van der Waals surface area contributed by atoms with Crippen molar-refractivity contribution in [2.45, 2.75) is 6.92 Å². The molecule has 0 aliphatic rings. The molecule has 2 aromatic heterocycles. The number of fused-ring (bicyclic) bond motifs is 1. The van der Waals surface area contributed by atoms with Crippen LogP contribution in [0.1, 0.15) is 6.92 Å². The fourth-order valence-electron chi connectivity index (χ4n) is 1.14. The van der Waals surface area contributed by atoms with Gasteiger partial charge in [-0.1, -0.05) is 0 Å². The summed E-state index contributed by atoms with van der Waals surface area (Å²) in [6.45, 7) is 1.23. The molecule has 0 fully saturated rings. The highest BCUT2D eigenvalue weighted by Gasteiger charge is 2.13. The summed E-state index contributed by atoms with van der Waals surface area (Å²) < 4.78 is 1.01. The van der Waals surface area contributed by atoms with E-state index in [-0.39, 0.29) is 11.5 Å². The number of carbonyl (C=O) groups is 1. The fraction of sp³-hybridized carbons (Fsp3) is 0.143. The monoisotopic (exact) mass is 209 g/mol. The molecule has 2 heterocycles. The normalized spacial score (nSPS) is 10.5. The minimum Gasteiger partial charge on any atom is -0.492 e. The van der Waals surface area contributed by atoms with Crippen LogP contribution in [-0.4, -0.2) is 30.6 Å². The van der Waals surface area contributed by atoms with E-state index in [9.17, 15) is 14.7 Å². The van der Waals surface area contributed by atoms with Crippen LogP contribution in [0, 0.1) is 0 Å². The van der Waals surface area contributed by atoms with Crippen LogP contribution in [0.4, 0.5) is 5.69 Å². The molecule has 3 N–H and O–H groups in total. The second kappa shape index (κ2) is 3.08. The highest BCUT2D eigenvalue weighted by molar-refractivity contribution is 5.89. The van der Waals surface area contributed by atoms with Crippen LogP contribution < -0.4 is 10.9 Å². The highest BCUT2D eigenvalue weighted by atomic mass is 16.3. The Bertz CT molecular complexity index is 584. The van der Waals surface area contributed by atoms with Crippen molar-refractivity contribution in [3.63, 3.8) is 0 Å². The molecule has 78 valence electrons. The lowest BCUT2D eigenvalue weighted by Crippen LogP contribution is -2.19. The van der Waals surface area contributed by atoms with Gasteiger partial charge in [-0.2, -0.15) is 14.6 Å². The summed E-state index contributed by atoms with van der Waals surface area (Å²) in [6.07, 6.45) is 1.17. The van der Waals surface area contributed by atoms with E-state index in [1.807, 2.05) is 0 Å². The Morgan fingerprint density at radius 1 is 1.67 bits per heavy atom. The maximum absolute atomic E-state index is 11.4. The molecule has 15 heavy (non-hydrogen) atoms. The van der Waals surface area contributed by atoms with E-state index in [4.69, 9.17) is 0 Å². The molecule has 2 rings (SSSR count). The largest absolute Gasteiger partial charge is 0.492 e. The van der Waals surface area contributed by atoms with Gasteiger partial charge in [-0.05, 0) is 0 Å². The molecule has 1 amide bonds. The average molecular weight is 209 g/mol. The molecular weight excluding hydrogens is 202 g/mol. The first-order valence-corrected chi connectivity index (χ1v) is 4.02. The molecule has 0 aliphatic heterocycles. The molecule has 0 aromatic carbocycles. The Balaban J connectivity index is 2.72. The van der Waals surface area contributed by atoms with Crippen molar-refractivity contribution in [2.75, 3.05) is 5.32 Å². The highest BCUT2D eigenvalue weighted by Crippen LogP contribution is 2.16. The molecule has 8 nitrogen and oxygen atoms in total. The number of anilines is 1. The third-order valence-corrected chi connectivity index (χ3v) is 1.73. The molecular formula is C7H7N5O3. The summed E-state index contributed by atoms with van der Waals surface area (Å²) >= 11 is 0. The molecule has 0 saturated heterocycles. The van der Waals surface area contributed by atoms with Crippen molar-refractivity contribution in [3.8, 4) is 5.88 Å². The zero-order valence-electron chi connectivity index (χ0n) is 7.68. The summed E-state index contributed by atoms with van der Waals surface area (Å²) in [4.78, 5) is 28.2. The van der Waals surface area contributed by atoms with Gasteiger partial charge < -0.3 is 10.4 Å².